The molecule has 0 aromatic heterocycles. The van der Waals surface area contributed by atoms with Crippen LogP contribution in [-0.2, 0) is 32.4 Å². The van der Waals surface area contributed by atoms with Gasteiger partial charge in [0.1, 0.15) is 11.3 Å². The predicted molar refractivity (Wildman–Crippen MR) is 132 cm³/mol. The number of hydrogen-bond acceptors (Lipinski definition) is 3. The van der Waals surface area contributed by atoms with Crippen LogP contribution in [0.4, 0.5) is 0 Å². The minimum Gasteiger partial charge on any atom is -0.496 e. The average Bonchev–Trinajstić information content (AvgIpc) is 2.90. The van der Waals surface area contributed by atoms with Crippen molar-refractivity contribution in [3.05, 3.63) is 46.1 Å². The summed E-state index contributed by atoms with van der Waals surface area (Å²) in [6.45, 7) is 17.5. The Labute approximate surface area is 199 Å². The fourth-order valence-corrected chi connectivity index (χ4v) is 7.49. The Morgan fingerprint density at radius 1 is 1.29 bits per heavy atom. The third-order valence-corrected chi connectivity index (χ3v) is 9.26. The van der Waals surface area contributed by atoms with Crippen molar-refractivity contribution < 1.29 is 13.7 Å². The van der Waals surface area contributed by atoms with Gasteiger partial charge in [0.15, 0.2) is 0 Å². The number of halogens is 1. The number of fused-ring (bicyclic) bond motifs is 1. The minimum absolute atomic E-state index is 0.197. The molecule has 3 unspecified atom stereocenters. The fourth-order valence-electron chi connectivity index (χ4n) is 6.10. The van der Waals surface area contributed by atoms with Crippen LogP contribution in [-0.4, -0.2) is 28.8 Å². The van der Waals surface area contributed by atoms with Crippen molar-refractivity contribution in [1.29, 1.82) is 0 Å². The van der Waals surface area contributed by atoms with E-state index in [4.69, 9.17) is 9.47 Å². The molecule has 0 amide bonds. The van der Waals surface area contributed by atoms with Crippen LogP contribution in [0.15, 0.2) is 35.0 Å². The molecule has 0 aliphatic heterocycles. The minimum atomic E-state index is -1.30. The molecule has 0 heterocycles. The Balaban J connectivity index is 2.26. The van der Waals surface area contributed by atoms with Crippen molar-refractivity contribution in [3.8, 4) is 0 Å². The summed E-state index contributed by atoms with van der Waals surface area (Å²) in [7, 11) is 0.512. The Bertz CT molecular complexity index is 853. The van der Waals surface area contributed by atoms with Crippen molar-refractivity contribution in [3.63, 3.8) is 0 Å². The van der Waals surface area contributed by atoms with Crippen LogP contribution < -0.4 is 4.72 Å². The van der Waals surface area contributed by atoms with Gasteiger partial charge in [0, 0.05) is 17.0 Å². The molecular formula is C25H38BrNO3S. The lowest BCUT2D eigenvalue weighted by molar-refractivity contribution is -0.0800. The average molecular weight is 513 g/mol. The second kappa shape index (κ2) is 8.92. The largest absolute Gasteiger partial charge is 0.496 e. The summed E-state index contributed by atoms with van der Waals surface area (Å²) >= 11 is 3.67. The van der Waals surface area contributed by atoms with E-state index in [1.54, 1.807) is 0 Å². The topological polar surface area (TPSA) is 47.6 Å². The highest BCUT2D eigenvalue weighted by atomic mass is 79.9. The van der Waals surface area contributed by atoms with Crippen LogP contribution >= 0.6 is 15.9 Å². The zero-order valence-corrected chi connectivity index (χ0v) is 22.4. The van der Waals surface area contributed by atoms with Crippen LogP contribution in [0, 0.1) is 17.3 Å². The van der Waals surface area contributed by atoms with Crippen LogP contribution in [0.2, 0.25) is 0 Å². The van der Waals surface area contributed by atoms with Crippen LogP contribution in [0.5, 0.6) is 0 Å². The van der Waals surface area contributed by atoms with Gasteiger partial charge in [-0.05, 0) is 82.1 Å². The molecule has 0 bridgehead atoms. The van der Waals surface area contributed by atoms with E-state index in [1.165, 1.54) is 5.56 Å². The molecule has 174 valence electrons. The Hall–Kier alpha value is -0.690. The zero-order chi connectivity index (χ0) is 23.2. The van der Waals surface area contributed by atoms with E-state index in [0.717, 1.165) is 29.3 Å². The molecule has 1 saturated carbocycles. The van der Waals surface area contributed by atoms with E-state index in [0.29, 0.717) is 24.2 Å². The molecule has 2 aliphatic carbocycles. The molecule has 0 radical (unpaired) electrons. The summed E-state index contributed by atoms with van der Waals surface area (Å²) in [6, 6.07) is 6.46. The van der Waals surface area contributed by atoms with Gasteiger partial charge in [-0.25, -0.2) is 8.93 Å². The van der Waals surface area contributed by atoms with E-state index < -0.39 is 21.3 Å². The van der Waals surface area contributed by atoms with Crippen molar-refractivity contribution in [1.82, 2.24) is 4.72 Å². The van der Waals surface area contributed by atoms with Gasteiger partial charge < -0.3 is 9.47 Å². The van der Waals surface area contributed by atoms with Gasteiger partial charge in [-0.3, -0.25) is 0 Å². The molecule has 1 spiro atoms. The van der Waals surface area contributed by atoms with Gasteiger partial charge in [-0.1, -0.05) is 42.4 Å². The smallest absolute Gasteiger partial charge is 0.118 e. The van der Waals surface area contributed by atoms with Crippen molar-refractivity contribution in [2.75, 3.05) is 13.7 Å². The van der Waals surface area contributed by atoms with Crippen LogP contribution in [0.3, 0.4) is 0 Å². The summed E-state index contributed by atoms with van der Waals surface area (Å²) in [5.74, 6) is 1.40. The van der Waals surface area contributed by atoms with E-state index in [1.807, 2.05) is 34.8 Å². The van der Waals surface area contributed by atoms with Crippen molar-refractivity contribution >= 4 is 26.9 Å². The normalized spacial score (nSPS) is 33.9. The molecule has 0 saturated heterocycles. The first-order valence-corrected chi connectivity index (χ1v) is 13.2. The first kappa shape index (κ1) is 24.9. The Morgan fingerprint density at radius 3 is 2.42 bits per heavy atom. The van der Waals surface area contributed by atoms with Gasteiger partial charge in [0.05, 0.1) is 28.4 Å². The highest BCUT2D eigenvalue weighted by Gasteiger charge is 2.64. The summed E-state index contributed by atoms with van der Waals surface area (Å²) in [5.41, 5.74) is 1.48. The fraction of sp³-hybridized carbons (Fsp3) is 0.680. The highest BCUT2D eigenvalue weighted by Crippen LogP contribution is 2.63. The maximum absolute atomic E-state index is 13.6. The summed E-state index contributed by atoms with van der Waals surface area (Å²) in [4.78, 5) is 0. The van der Waals surface area contributed by atoms with Crippen molar-refractivity contribution in [2.24, 2.45) is 17.3 Å². The monoisotopic (exact) mass is 511 g/mol. The van der Waals surface area contributed by atoms with Crippen LogP contribution in [0.25, 0.3) is 0 Å². The molecule has 1 fully saturated rings. The van der Waals surface area contributed by atoms with Gasteiger partial charge in [0.25, 0.3) is 0 Å². The molecule has 6 atom stereocenters. The lowest BCUT2D eigenvalue weighted by Gasteiger charge is -2.54. The second-order valence-electron chi connectivity index (χ2n) is 10.4. The van der Waals surface area contributed by atoms with Gasteiger partial charge in [-0.15, -0.1) is 0 Å². The third kappa shape index (κ3) is 4.18. The molecule has 3 rings (SSSR count). The quantitative estimate of drug-likeness (QED) is 0.485. The Kier molecular flexibility index (Phi) is 7.18. The van der Waals surface area contributed by atoms with Gasteiger partial charge in [-0.2, -0.15) is 0 Å². The number of nitrogens with one attached hydrogen (secondary N) is 1. The zero-order valence-electron chi connectivity index (χ0n) is 20.0. The van der Waals surface area contributed by atoms with Crippen LogP contribution in [0.1, 0.15) is 65.5 Å². The molecule has 1 aromatic carbocycles. The first-order valence-electron chi connectivity index (χ1n) is 11.3. The lowest BCUT2D eigenvalue weighted by atomic mass is 9.56. The van der Waals surface area contributed by atoms with Gasteiger partial charge >= 0.3 is 0 Å². The van der Waals surface area contributed by atoms with Gasteiger partial charge in [0.2, 0.25) is 0 Å². The number of ether oxygens (including phenoxy) is 2. The molecule has 6 heteroatoms. The molecule has 2 aliphatic rings. The molecule has 1 aromatic rings. The van der Waals surface area contributed by atoms with E-state index in [2.05, 4.69) is 59.3 Å². The molecule has 1 N–H and O–H groups in total. The maximum Gasteiger partial charge on any atom is 0.118 e. The SMILES string of the molecule is C=C(OCC)[C@]1(NS(=O)C(C)(C)C)c2cc(Br)ccc2CC12C[C@@H](C)C(OC)[C@@H](C)C2. The number of benzene rings is 1. The van der Waals surface area contributed by atoms with Crippen molar-refractivity contribution in [2.45, 2.75) is 77.2 Å². The summed E-state index contributed by atoms with van der Waals surface area (Å²) in [5, 5.41) is 0. The number of methoxy groups -OCH3 is 1. The summed E-state index contributed by atoms with van der Waals surface area (Å²) < 4.78 is 29.8. The number of rotatable bonds is 6. The third-order valence-electron chi connectivity index (χ3n) is 7.16. The van der Waals surface area contributed by atoms with E-state index in [-0.39, 0.29) is 11.5 Å². The predicted octanol–water partition coefficient (Wildman–Crippen LogP) is 5.87. The highest BCUT2D eigenvalue weighted by molar-refractivity contribution is 9.10. The first-order chi connectivity index (χ1) is 14.4. The summed E-state index contributed by atoms with van der Waals surface area (Å²) in [6.07, 6.45) is 3.01. The molecule has 31 heavy (non-hydrogen) atoms. The molecule has 4 nitrogen and oxygen atoms in total. The second-order valence-corrected chi connectivity index (χ2v) is 13.3. The standard InChI is InChI=1S/C25H38BrNO3S/c1-9-30-18(4)25(27-31(28)23(5,6)7)21-12-20(26)11-10-19(21)15-24(25)13-16(2)22(29-8)17(3)14-24/h10-12,16-17,22,27H,4,9,13-15H2,1-3,5-8H3/t16-,17+,22?,24?,25-,31?/m0/s1. The Morgan fingerprint density at radius 2 is 1.90 bits per heavy atom. The maximum atomic E-state index is 13.6. The number of hydrogen-bond donors (Lipinski definition) is 1. The lowest BCUT2D eigenvalue weighted by Crippen LogP contribution is -2.61. The van der Waals surface area contributed by atoms with E-state index in [9.17, 15) is 4.21 Å². The van der Waals surface area contributed by atoms with E-state index >= 15 is 0 Å². The molecular weight excluding hydrogens is 474 g/mol.